The molecule has 0 N–H and O–H groups in total. The number of alkyl halides is 1. The molecule has 2 rings (SSSR count). The lowest BCUT2D eigenvalue weighted by Crippen LogP contribution is -2.63. The molecule has 0 aromatic heterocycles. The molecule has 0 radical (unpaired) electrons. The van der Waals surface area contributed by atoms with Gasteiger partial charge in [0.2, 0.25) is 12.4 Å². The Morgan fingerprint density at radius 1 is 0.824 bits per heavy atom. The Labute approximate surface area is 213 Å². The van der Waals surface area contributed by atoms with Crippen LogP contribution in [-0.4, -0.2) is 59.6 Å². The molecule has 1 fully saturated rings. The minimum atomic E-state index is -1.15. The molecule has 1 aliphatic heterocycles. The van der Waals surface area contributed by atoms with Gasteiger partial charge in [0.25, 0.3) is 0 Å². The predicted molar refractivity (Wildman–Crippen MR) is 131 cm³/mol. The van der Waals surface area contributed by atoms with Crippen LogP contribution in [0, 0.1) is 0 Å². The van der Waals surface area contributed by atoms with Crippen molar-refractivity contribution in [3.05, 3.63) is 24.3 Å². The zero-order valence-electron chi connectivity index (χ0n) is 20.0. The molecule has 1 aromatic rings. The smallest absolute Gasteiger partial charge is 0.303 e. The van der Waals surface area contributed by atoms with Crippen LogP contribution in [0.15, 0.2) is 24.3 Å². The zero-order chi connectivity index (χ0) is 25.1. The summed E-state index contributed by atoms with van der Waals surface area (Å²) < 4.78 is 34.4. The quantitative estimate of drug-likeness (QED) is 0.117. The van der Waals surface area contributed by atoms with Crippen molar-refractivity contribution < 1.29 is 42.8 Å². The Morgan fingerprint density at radius 3 is 1.94 bits per heavy atom. The predicted octanol–water partition coefficient (Wildman–Crippen LogP) is 3.98. The number of unbranched alkanes of at least 4 members (excludes halogenated alkanes) is 3. The maximum absolute atomic E-state index is 11.8. The van der Waals surface area contributed by atoms with Crippen LogP contribution in [0.1, 0.15) is 53.4 Å². The van der Waals surface area contributed by atoms with Crippen molar-refractivity contribution in [2.45, 2.75) is 84.1 Å². The minimum Gasteiger partial charge on any atom is -0.494 e. The first-order chi connectivity index (χ1) is 16.2. The van der Waals surface area contributed by atoms with Crippen LogP contribution >= 0.6 is 22.6 Å². The monoisotopic (exact) mass is 592 g/mol. The van der Waals surface area contributed by atoms with Gasteiger partial charge < -0.3 is 28.4 Å². The lowest BCUT2D eigenvalue weighted by molar-refractivity contribution is -0.279. The van der Waals surface area contributed by atoms with E-state index in [1.807, 2.05) is 0 Å². The van der Waals surface area contributed by atoms with E-state index in [0.29, 0.717) is 22.5 Å². The molecule has 34 heavy (non-hydrogen) atoms. The van der Waals surface area contributed by atoms with E-state index in [0.717, 1.165) is 12.8 Å². The van der Waals surface area contributed by atoms with Gasteiger partial charge in [0.1, 0.15) is 17.6 Å². The fourth-order valence-corrected chi connectivity index (χ4v) is 4.25. The summed E-state index contributed by atoms with van der Waals surface area (Å²) in [6, 6.07) is 6.99. The van der Waals surface area contributed by atoms with Crippen LogP contribution in [0.4, 0.5) is 0 Å². The highest BCUT2D eigenvalue weighted by atomic mass is 127. The van der Waals surface area contributed by atoms with E-state index in [1.165, 1.54) is 33.6 Å². The van der Waals surface area contributed by atoms with Gasteiger partial charge in [-0.3, -0.25) is 14.4 Å². The lowest BCUT2D eigenvalue weighted by Gasteiger charge is -2.43. The first-order valence-corrected chi connectivity index (χ1v) is 12.9. The molecule has 9 nitrogen and oxygen atoms in total. The van der Waals surface area contributed by atoms with Gasteiger partial charge in [0, 0.05) is 25.2 Å². The third-order valence-electron chi connectivity index (χ3n) is 4.99. The second-order valence-electron chi connectivity index (χ2n) is 7.92. The molecule has 190 valence electrons. The van der Waals surface area contributed by atoms with Crippen LogP contribution < -0.4 is 9.47 Å². The highest BCUT2D eigenvalue weighted by molar-refractivity contribution is 14.1. The Bertz CT molecular complexity index is 798. The molecule has 0 aliphatic carbocycles. The van der Waals surface area contributed by atoms with Crippen molar-refractivity contribution in [3.63, 3.8) is 0 Å². The van der Waals surface area contributed by atoms with Crippen molar-refractivity contribution in [2.24, 2.45) is 0 Å². The lowest BCUT2D eigenvalue weighted by atomic mass is 9.99. The molecule has 0 bridgehead atoms. The highest BCUT2D eigenvalue weighted by Crippen LogP contribution is 2.32. The highest BCUT2D eigenvalue weighted by Gasteiger charge is 2.52. The molecule has 5 atom stereocenters. The van der Waals surface area contributed by atoms with Gasteiger partial charge in [-0.2, -0.15) is 0 Å². The summed E-state index contributed by atoms with van der Waals surface area (Å²) in [5.74, 6) is -0.664. The van der Waals surface area contributed by atoms with Gasteiger partial charge in [-0.15, -0.1) is 0 Å². The molecule has 1 heterocycles. The maximum atomic E-state index is 11.8. The van der Waals surface area contributed by atoms with Crippen LogP contribution in [-0.2, 0) is 33.3 Å². The number of carbonyl (C=O) groups is 3. The summed E-state index contributed by atoms with van der Waals surface area (Å²) in [5.41, 5.74) is 0. The van der Waals surface area contributed by atoms with Crippen molar-refractivity contribution >= 4 is 40.5 Å². The average Bonchev–Trinajstić information content (AvgIpc) is 2.77. The number of benzene rings is 1. The second kappa shape index (κ2) is 14.3. The zero-order valence-corrected chi connectivity index (χ0v) is 22.1. The third-order valence-corrected chi connectivity index (χ3v) is 5.86. The molecule has 0 unspecified atom stereocenters. The van der Waals surface area contributed by atoms with Crippen LogP contribution in [0.2, 0.25) is 0 Å². The normalized spacial score (nSPS) is 24.1. The minimum absolute atomic E-state index is 0.408. The Kier molecular flexibility index (Phi) is 11.9. The number of esters is 3. The summed E-state index contributed by atoms with van der Waals surface area (Å²) in [6.07, 6.45) is -0.500. The summed E-state index contributed by atoms with van der Waals surface area (Å²) >= 11 is 2.07. The van der Waals surface area contributed by atoms with Crippen molar-refractivity contribution in [1.82, 2.24) is 0 Å². The fourth-order valence-electron chi connectivity index (χ4n) is 3.54. The molecule has 1 aromatic carbocycles. The molecule has 0 amide bonds. The van der Waals surface area contributed by atoms with Gasteiger partial charge in [0.05, 0.1) is 6.61 Å². The summed E-state index contributed by atoms with van der Waals surface area (Å²) in [5, 5.41) is 0. The van der Waals surface area contributed by atoms with Gasteiger partial charge in [-0.05, 0) is 30.7 Å². The van der Waals surface area contributed by atoms with Gasteiger partial charge >= 0.3 is 17.9 Å². The topological polar surface area (TPSA) is 107 Å². The Morgan fingerprint density at radius 2 is 1.38 bits per heavy atom. The third kappa shape index (κ3) is 8.94. The molecule has 0 saturated carbocycles. The van der Waals surface area contributed by atoms with Crippen LogP contribution in [0.25, 0.3) is 0 Å². The number of rotatable bonds is 12. The summed E-state index contributed by atoms with van der Waals surface area (Å²) in [7, 11) is 0. The maximum Gasteiger partial charge on any atom is 0.303 e. The molecule has 1 aliphatic rings. The molecule has 1 saturated heterocycles. The Balaban J connectivity index is 2.18. The largest absolute Gasteiger partial charge is 0.494 e. The number of hydrogen-bond donors (Lipinski definition) is 0. The van der Waals surface area contributed by atoms with Crippen LogP contribution in [0.3, 0.4) is 0 Å². The molecular formula is C24H33IO9. The van der Waals surface area contributed by atoms with Crippen LogP contribution in [0.5, 0.6) is 11.5 Å². The van der Waals surface area contributed by atoms with Crippen molar-refractivity contribution in [3.8, 4) is 11.5 Å². The number of ether oxygens (including phenoxy) is 6. The molecular weight excluding hydrogens is 559 g/mol. The number of halogens is 1. The van der Waals surface area contributed by atoms with Crippen molar-refractivity contribution in [2.75, 3.05) is 11.0 Å². The summed E-state index contributed by atoms with van der Waals surface area (Å²) in [6.45, 7) is 6.49. The van der Waals surface area contributed by atoms with E-state index in [2.05, 4.69) is 29.5 Å². The standard InChI is InChI=1S/C24H33IO9/c1-5-6-7-8-13-29-18-9-11-19(12-10-18)33-24-23(32-17(4)28)22(31-16(3)27)21(30-15(2)26)20(14-25)34-24/h9-12,20-24H,5-8,13-14H2,1-4H3/t20-,21+,22+,23-,24+/m0/s1. The fraction of sp³-hybridized carbons (Fsp3) is 0.625. The van der Waals surface area contributed by atoms with E-state index < -0.39 is 48.6 Å². The van der Waals surface area contributed by atoms with Gasteiger partial charge in [0.15, 0.2) is 12.2 Å². The van der Waals surface area contributed by atoms with Gasteiger partial charge in [-0.25, -0.2) is 0 Å². The van der Waals surface area contributed by atoms with E-state index in [9.17, 15) is 14.4 Å². The van der Waals surface area contributed by atoms with Crippen molar-refractivity contribution in [1.29, 1.82) is 0 Å². The average molecular weight is 592 g/mol. The second-order valence-corrected chi connectivity index (χ2v) is 8.80. The van der Waals surface area contributed by atoms with Gasteiger partial charge in [-0.1, -0.05) is 48.8 Å². The van der Waals surface area contributed by atoms with E-state index in [-0.39, 0.29) is 0 Å². The van der Waals surface area contributed by atoms with E-state index in [1.54, 1.807) is 24.3 Å². The molecule has 0 spiro atoms. The first kappa shape index (κ1) is 28.2. The summed E-state index contributed by atoms with van der Waals surface area (Å²) in [4.78, 5) is 35.3. The van der Waals surface area contributed by atoms with E-state index in [4.69, 9.17) is 28.4 Å². The SMILES string of the molecule is CCCCCCOc1ccc(O[C@@H]2O[C@@H](CI)[C@@H](OC(C)=O)[C@@H](OC(C)=O)[C@@H]2OC(C)=O)cc1. The van der Waals surface area contributed by atoms with E-state index >= 15 is 0 Å². The molecule has 10 heteroatoms. The number of carbonyl (C=O) groups excluding carboxylic acids is 3. The first-order valence-electron chi connectivity index (χ1n) is 11.4. The number of hydrogen-bond acceptors (Lipinski definition) is 9. The Hall–Kier alpha value is -2.08.